The summed E-state index contributed by atoms with van der Waals surface area (Å²) in [4.78, 5) is 11.7. The van der Waals surface area contributed by atoms with Crippen LogP contribution in [0, 0.1) is 11.3 Å². The number of hydrogen-bond donors (Lipinski definition) is 1. The van der Waals surface area contributed by atoms with Crippen LogP contribution in [0.1, 0.15) is 44.3 Å². The predicted molar refractivity (Wildman–Crippen MR) is 61.8 cm³/mol. The van der Waals surface area contributed by atoms with Gasteiger partial charge in [0.15, 0.2) is 0 Å². The highest BCUT2D eigenvalue weighted by molar-refractivity contribution is 5.77. The van der Waals surface area contributed by atoms with Gasteiger partial charge in [0.1, 0.15) is 5.76 Å². The van der Waals surface area contributed by atoms with Gasteiger partial charge in [0.2, 0.25) is 5.91 Å². The van der Waals surface area contributed by atoms with E-state index in [-0.39, 0.29) is 5.91 Å². The van der Waals surface area contributed by atoms with Crippen LogP contribution in [0.2, 0.25) is 0 Å². The third-order valence-electron chi connectivity index (χ3n) is 3.29. The summed E-state index contributed by atoms with van der Waals surface area (Å²) in [5.74, 6) is 0.819. The number of carbonyl (C=O) groups is 1. The van der Waals surface area contributed by atoms with Gasteiger partial charge >= 0.3 is 0 Å². The lowest BCUT2D eigenvalue weighted by atomic mass is 9.86. The topological polar surface area (TPSA) is 66.0 Å². The van der Waals surface area contributed by atoms with E-state index in [2.05, 4.69) is 11.4 Å². The molecular weight excluding hydrogens is 216 g/mol. The van der Waals surface area contributed by atoms with Crippen molar-refractivity contribution in [3.8, 4) is 6.07 Å². The van der Waals surface area contributed by atoms with Gasteiger partial charge in [-0.25, -0.2) is 0 Å². The van der Waals surface area contributed by atoms with Crippen molar-refractivity contribution in [2.75, 3.05) is 0 Å². The Labute approximate surface area is 101 Å². The van der Waals surface area contributed by atoms with Gasteiger partial charge in [-0.3, -0.25) is 4.79 Å². The maximum absolute atomic E-state index is 11.7. The van der Waals surface area contributed by atoms with E-state index in [0.29, 0.717) is 19.3 Å². The van der Waals surface area contributed by atoms with Crippen molar-refractivity contribution in [2.24, 2.45) is 0 Å². The Morgan fingerprint density at radius 2 is 2.41 bits per heavy atom. The first-order valence-electron chi connectivity index (χ1n) is 5.99. The molecule has 4 nitrogen and oxygen atoms in total. The molecule has 1 unspecified atom stereocenters. The molecule has 0 bridgehead atoms. The summed E-state index contributed by atoms with van der Waals surface area (Å²) in [7, 11) is 0. The molecule has 2 heterocycles. The fraction of sp³-hybridized carbons (Fsp3) is 0.538. The molecule has 1 amide bonds. The minimum absolute atomic E-state index is 0.0526. The summed E-state index contributed by atoms with van der Waals surface area (Å²) in [5, 5.41) is 11.8. The smallest absolute Gasteiger partial charge is 0.220 e. The highest BCUT2D eigenvalue weighted by Gasteiger charge is 2.37. The highest BCUT2D eigenvalue weighted by atomic mass is 16.3. The summed E-state index contributed by atoms with van der Waals surface area (Å²) >= 11 is 0. The van der Waals surface area contributed by atoms with Crippen molar-refractivity contribution in [1.82, 2.24) is 5.32 Å². The van der Waals surface area contributed by atoms with Crippen LogP contribution in [0.5, 0.6) is 0 Å². The van der Waals surface area contributed by atoms with E-state index < -0.39 is 5.54 Å². The molecule has 17 heavy (non-hydrogen) atoms. The van der Waals surface area contributed by atoms with Gasteiger partial charge in [-0.1, -0.05) is 6.42 Å². The van der Waals surface area contributed by atoms with Crippen LogP contribution in [0.15, 0.2) is 22.8 Å². The van der Waals surface area contributed by atoms with Crippen LogP contribution < -0.4 is 5.32 Å². The summed E-state index contributed by atoms with van der Waals surface area (Å²) < 4.78 is 5.45. The Kier molecular flexibility index (Phi) is 3.48. The Balaban J connectivity index is 2.28. The lowest BCUT2D eigenvalue weighted by Gasteiger charge is -2.30. The van der Waals surface area contributed by atoms with E-state index in [1.165, 1.54) is 0 Å². The second-order valence-electron chi connectivity index (χ2n) is 4.47. The first-order valence-corrected chi connectivity index (χ1v) is 5.99. The number of rotatable bonds is 3. The van der Waals surface area contributed by atoms with E-state index in [4.69, 9.17) is 9.68 Å². The monoisotopic (exact) mass is 232 g/mol. The fourth-order valence-electron chi connectivity index (χ4n) is 2.42. The van der Waals surface area contributed by atoms with Gasteiger partial charge in [-0.2, -0.15) is 5.26 Å². The maximum atomic E-state index is 11.7. The van der Waals surface area contributed by atoms with Crippen molar-refractivity contribution in [3.05, 3.63) is 24.2 Å². The van der Waals surface area contributed by atoms with E-state index in [1.807, 2.05) is 12.1 Å². The van der Waals surface area contributed by atoms with Crippen LogP contribution in [0.4, 0.5) is 0 Å². The first kappa shape index (κ1) is 11.7. The lowest BCUT2D eigenvalue weighted by Crippen LogP contribution is -2.44. The Morgan fingerprint density at radius 1 is 1.53 bits per heavy atom. The summed E-state index contributed by atoms with van der Waals surface area (Å²) in [6, 6.07) is 5.84. The molecular formula is C13H16N2O2. The van der Waals surface area contributed by atoms with Gasteiger partial charge in [0, 0.05) is 12.8 Å². The Hall–Kier alpha value is -1.76. The summed E-state index contributed by atoms with van der Waals surface area (Å²) in [6.07, 6.45) is 5.93. The van der Waals surface area contributed by atoms with Crippen LogP contribution in [0.25, 0.3) is 0 Å². The summed E-state index contributed by atoms with van der Waals surface area (Å²) in [5.41, 5.74) is -0.479. The molecule has 1 N–H and O–H groups in total. The highest BCUT2D eigenvalue weighted by Crippen LogP contribution is 2.34. The fourth-order valence-corrected chi connectivity index (χ4v) is 2.42. The average molecular weight is 232 g/mol. The van der Waals surface area contributed by atoms with Gasteiger partial charge in [-0.05, 0) is 31.4 Å². The van der Waals surface area contributed by atoms with E-state index in [0.717, 1.165) is 25.0 Å². The zero-order valence-corrected chi connectivity index (χ0v) is 9.74. The van der Waals surface area contributed by atoms with E-state index >= 15 is 0 Å². The second-order valence-corrected chi connectivity index (χ2v) is 4.47. The van der Waals surface area contributed by atoms with Crippen molar-refractivity contribution in [2.45, 2.75) is 44.1 Å². The number of amides is 1. The number of nitrogens with one attached hydrogen (secondary N) is 1. The minimum Gasteiger partial charge on any atom is -0.467 e. The molecule has 0 saturated carbocycles. The molecule has 1 atom stereocenters. The molecule has 1 aromatic rings. The van der Waals surface area contributed by atoms with Crippen LogP contribution >= 0.6 is 0 Å². The first-order chi connectivity index (χ1) is 8.27. The molecule has 0 aliphatic carbocycles. The minimum atomic E-state index is -0.479. The van der Waals surface area contributed by atoms with Crippen molar-refractivity contribution in [1.29, 1.82) is 5.26 Å². The van der Waals surface area contributed by atoms with Gasteiger partial charge < -0.3 is 9.73 Å². The number of nitrogens with zero attached hydrogens (tertiary/aromatic N) is 1. The quantitative estimate of drug-likeness (QED) is 0.870. The molecule has 1 saturated heterocycles. The molecule has 2 rings (SSSR count). The van der Waals surface area contributed by atoms with Crippen LogP contribution in [-0.4, -0.2) is 5.91 Å². The largest absolute Gasteiger partial charge is 0.467 e. The number of nitriles is 1. The second kappa shape index (κ2) is 5.05. The Bertz CT molecular complexity index is 419. The predicted octanol–water partition coefficient (Wildman–Crippen LogP) is 2.47. The lowest BCUT2D eigenvalue weighted by molar-refractivity contribution is -0.123. The molecule has 1 aliphatic rings. The molecule has 0 aromatic carbocycles. The van der Waals surface area contributed by atoms with Gasteiger partial charge in [-0.15, -0.1) is 0 Å². The number of carbonyl (C=O) groups excluding carboxylic acids is 1. The van der Waals surface area contributed by atoms with Gasteiger partial charge in [0.25, 0.3) is 0 Å². The van der Waals surface area contributed by atoms with Crippen LogP contribution in [-0.2, 0) is 10.3 Å². The average Bonchev–Trinajstić information content (AvgIpc) is 2.79. The molecule has 0 spiro atoms. The zero-order valence-electron chi connectivity index (χ0n) is 9.74. The molecule has 0 radical (unpaired) electrons. The third-order valence-corrected chi connectivity index (χ3v) is 3.29. The van der Waals surface area contributed by atoms with Crippen LogP contribution in [0.3, 0.4) is 0 Å². The normalized spacial score (nSPS) is 24.8. The molecule has 1 aromatic heterocycles. The van der Waals surface area contributed by atoms with Gasteiger partial charge in [0.05, 0.1) is 17.9 Å². The van der Waals surface area contributed by atoms with Crippen molar-refractivity contribution in [3.63, 3.8) is 0 Å². The van der Waals surface area contributed by atoms with Crippen molar-refractivity contribution >= 4 is 5.91 Å². The maximum Gasteiger partial charge on any atom is 0.220 e. The molecule has 90 valence electrons. The third kappa shape index (κ3) is 2.50. The van der Waals surface area contributed by atoms with E-state index in [1.54, 1.807) is 6.26 Å². The zero-order chi connectivity index (χ0) is 12.1. The molecule has 1 aliphatic heterocycles. The summed E-state index contributed by atoms with van der Waals surface area (Å²) in [6.45, 7) is 0. The standard InChI is InChI=1S/C13H16N2O2/c14-9-4-8-13(11-5-3-10-17-11)7-2-1-6-12(16)15-13/h3,5,10H,1-2,4,6-8H2,(H,15,16). The van der Waals surface area contributed by atoms with E-state index in [9.17, 15) is 4.79 Å². The SMILES string of the molecule is N#CCCC1(c2ccco2)CCCCC(=O)N1. The molecule has 4 heteroatoms. The molecule has 1 fully saturated rings. The number of hydrogen-bond acceptors (Lipinski definition) is 3. The Morgan fingerprint density at radius 3 is 3.12 bits per heavy atom. The number of furan rings is 1. The van der Waals surface area contributed by atoms with Crippen molar-refractivity contribution < 1.29 is 9.21 Å².